The highest BCUT2D eigenvalue weighted by atomic mass is 32.2. The van der Waals surface area contributed by atoms with E-state index in [1.807, 2.05) is 6.07 Å². The molecule has 0 radical (unpaired) electrons. The summed E-state index contributed by atoms with van der Waals surface area (Å²) < 4.78 is 23.1. The number of hydrogen-bond acceptors (Lipinski definition) is 4. The Bertz CT molecular complexity index is 554. The first-order chi connectivity index (χ1) is 9.97. The van der Waals surface area contributed by atoms with Crippen LogP contribution in [0, 0.1) is 5.92 Å². The molecular weight excluding hydrogens is 286 g/mol. The number of primary sulfonamides is 1. The van der Waals surface area contributed by atoms with Gasteiger partial charge in [-0.05, 0) is 44.0 Å². The van der Waals surface area contributed by atoms with Gasteiger partial charge in [0.25, 0.3) is 0 Å². The number of nitrogens with one attached hydrogen (secondary N) is 1. The fraction of sp³-hybridized carbons (Fsp3) is 0.600. The minimum Gasteiger partial charge on any atom is -0.384 e. The molecule has 1 aliphatic rings. The zero-order valence-electron chi connectivity index (χ0n) is 12.6. The van der Waals surface area contributed by atoms with E-state index in [0.717, 1.165) is 13.1 Å². The van der Waals surface area contributed by atoms with E-state index in [9.17, 15) is 8.42 Å². The van der Waals surface area contributed by atoms with Crippen LogP contribution in [0.1, 0.15) is 26.2 Å². The highest BCUT2D eigenvalue weighted by Gasteiger charge is 2.16. The van der Waals surface area contributed by atoms with E-state index in [4.69, 9.17) is 5.14 Å². The summed E-state index contributed by atoms with van der Waals surface area (Å²) in [4.78, 5) is 2.65. The van der Waals surface area contributed by atoms with Crippen LogP contribution in [0.5, 0.6) is 0 Å². The van der Waals surface area contributed by atoms with Gasteiger partial charge in [-0.25, -0.2) is 13.6 Å². The number of sulfonamides is 1. The van der Waals surface area contributed by atoms with E-state index in [1.54, 1.807) is 12.1 Å². The van der Waals surface area contributed by atoms with Crippen molar-refractivity contribution < 1.29 is 8.42 Å². The van der Waals surface area contributed by atoms with E-state index in [-0.39, 0.29) is 4.90 Å². The molecule has 5 nitrogen and oxygen atoms in total. The van der Waals surface area contributed by atoms with E-state index in [2.05, 4.69) is 17.1 Å². The molecule has 1 aromatic rings. The molecule has 1 heterocycles. The summed E-state index contributed by atoms with van der Waals surface area (Å²) in [6.45, 7) is 6.32. The molecule has 2 rings (SSSR count). The van der Waals surface area contributed by atoms with Crippen LogP contribution in [-0.2, 0) is 10.0 Å². The van der Waals surface area contributed by atoms with Crippen molar-refractivity contribution >= 4 is 15.7 Å². The molecule has 1 atom stereocenters. The molecule has 1 unspecified atom stereocenters. The molecule has 21 heavy (non-hydrogen) atoms. The fourth-order valence-corrected chi connectivity index (χ4v) is 3.51. The Labute approximate surface area is 127 Å². The summed E-state index contributed by atoms with van der Waals surface area (Å²) in [6.07, 6.45) is 3.91. The van der Waals surface area contributed by atoms with Crippen molar-refractivity contribution in [2.75, 3.05) is 31.5 Å². The lowest BCUT2D eigenvalue weighted by atomic mass is 10.1. The molecule has 0 bridgehead atoms. The monoisotopic (exact) mass is 311 g/mol. The number of para-hydroxylation sites is 1. The third kappa shape index (κ3) is 4.98. The first-order valence-corrected chi connectivity index (χ1v) is 9.09. The Kier molecular flexibility index (Phi) is 5.61. The normalized spacial score (nSPS) is 18.4. The summed E-state index contributed by atoms with van der Waals surface area (Å²) >= 11 is 0. The van der Waals surface area contributed by atoms with Crippen molar-refractivity contribution in [3.63, 3.8) is 0 Å². The van der Waals surface area contributed by atoms with Crippen LogP contribution in [0.2, 0.25) is 0 Å². The Morgan fingerprint density at radius 1 is 1.24 bits per heavy atom. The van der Waals surface area contributed by atoms with Gasteiger partial charge < -0.3 is 10.2 Å². The minimum atomic E-state index is -3.68. The maximum absolute atomic E-state index is 11.5. The lowest BCUT2D eigenvalue weighted by Crippen LogP contribution is -2.35. The number of hydrogen-bond donors (Lipinski definition) is 2. The van der Waals surface area contributed by atoms with Gasteiger partial charge >= 0.3 is 0 Å². The number of anilines is 1. The largest absolute Gasteiger partial charge is 0.384 e. The first kappa shape index (κ1) is 16.3. The predicted molar refractivity (Wildman–Crippen MR) is 85.8 cm³/mol. The summed E-state index contributed by atoms with van der Waals surface area (Å²) in [5, 5.41) is 8.46. The van der Waals surface area contributed by atoms with Gasteiger partial charge in [-0.3, -0.25) is 0 Å². The van der Waals surface area contributed by atoms with Crippen LogP contribution in [0.4, 0.5) is 5.69 Å². The maximum Gasteiger partial charge on any atom is 0.240 e. The predicted octanol–water partition coefficient (Wildman–Crippen LogP) is 1.87. The van der Waals surface area contributed by atoms with Gasteiger partial charge in [0, 0.05) is 13.1 Å². The van der Waals surface area contributed by atoms with Crippen LogP contribution in [0.25, 0.3) is 0 Å². The molecule has 1 saturated heterocycles. The maximum atomic E-state index is 11.5. The van der Waals surface area contributed by atoms with Gasteiger partial charge in [-0.2, -0.15) is 0 Å². The Morgan fingerprint density at radius 2 is 1.90 bits per heavy atom. The van der Waals surface area contributed by atoms with E-state index in [1.165, 1.54) is 38.4 Å². The Hall–Kier alpha value is -1.11. The van der Waals surface area contributed by atoms with Crippen LogP contribution >= 0.6 is 0 Å². The molecule has 118 valence electrons. The van der Waals surface area contributed by atoms with Gasteiger partial charge in [0.15, 0.2) is 0 Å². The molecule has 0 aromatic heterocycles. The van der Waals surface area contributed by atoms with Gasteiger partial charge in [0.2, 0.25) is 10.0 Å². The highest BCUT2D eigenvalue weighted by Crippen LogP contribution is 2.20. The molecule has 1 aromatic carbocycles. The Balaban J connectivity index is 1.90. The van der Waals surface area contributed by atoms with Gasteiger partial charge in [-0.15, -0.1) is 0 Å². The first-order valence-electron chi connectivity index (χ1n) is 7.55. The van der Waals surface area contributed by atoms with E-state index < -0.39 is 10.0 Å². The highest BCUT2D eigenvalue weighted by molar-refractivity contribution is 7.89. The van der Waals surface area contributed by atoms with Gasteiger partial charge in [0.05, 0.1) is 5.69 Å². The lowest BCUT2D eigenvalue weighted by molar-refractivity contribution is 0.204. The molecule has 0 aliphatic carbocycles. The molecule has 3 N–H and O–H groups in total. The summed E-state index contributed by atoms with van der Waals surface area (Å²) in [6, 6.07) is 6.79. The van der Waals surface area contributed by atoms with Crippen LogP contribution in [0.3, 0.4) is 0 Å². The smallest absolute Gasteiger partial charge is 0.240 e. The zero-order valence-corrected chi connectivity index (χ0v) is 13.4. The van der Waals surface area contributed by atoms with Crippen LogP contribution in [-0.4, -0.2) is 39.5 Å². The zero-order chi connectivity index (χ0) is 15.3. The average Bonchev–Trinajstić information content (AvgIpc) is 2.45. The van der Waals surface area contributed by atoms with Gasteiger partial charge in [0.1, 0.15) is 4.90 Å². The molecule has 1 fully saturated rings. The molecule has 6 heteroatoms. The van der Waals surface area contributed by atoms with Crippen LogP contribution in [0.15, 0.2) is 29.2 Å². The molecule has 0 amide bonds. The summed E-state index contributed by atoms with van der Waals surface area (Å²) in [5.74, 6) is 0.455. The molecule has 1 aliphatic heterocycles. The number of piperidine rings is 1. The van der Waals surface area contributed by atoms with E-state index >= 15 is 0 Å². The van der Waals surface area contributed by atoms with Crippen LogP contribution < -0.4 is 10.5 Å². The summed E-state index contributed by atoms with van der Waals surface area (Å²) in [7, 11) is -3.68. The van der Waals surface area contributed by atoms with Crippen molar-refractivity contribution in [2.24, 2.45) is 11.1 Å². The fourth-order valence-electron chi connectivity index (χ4n) is 2.79. The van der Waals surface area contributed by atoms with Crippen molar-refractivity contribution in [3.8, 4) is 0 Å². The van der Waals surface area contributed by atoms with E-state index in [0.29, 0.717) is 11.6 Å². The second-order valence-electron chi connectivity index (χ2n) is 5.89. The van der Waals surface area contributed by atoms with Crippen molar-refractivity contribution in [1.29, 1.82) is 0 Å². The number of nitrogens with two attached hydrogens (primary N) is 1. The van der Waals surface area contributed by atoms with Crippen molar-refractivity contribution in [1.82, 2.24) is 4.90 Å². The number of nitrogens with zero attached hydrogens (tertiary/aromatic N) is 1. The van der Waals surface area contributed by atoms with Crippen molar-refractivity contribution in [3.05, 3.63) is 24.3 Å². The van der Waals surface area contributed by atoms with Gasteiger partial charge in [-0.1, -0.05) is 25.5 Å². The number of likely N-dealkylation sites (tertiary alicyclic amines) is 1. The molecular formula is C15H25N3O2S. The topological polar surface area (TPSA) is 75.4 Å². The summed E-state index contributed by atoms with van der Waals surface area (Å²) in [5.41, 5.74) is 0.588. The lowest BCUT2D eigenvalue weighted by Gasteiger charge is -2.29. The number of benzene rings is 1. The third-order valence-electron chi connectivity index (χ3n) is 3.85. The quantitative estimate of drug-likeness (QED) is 0.841. The third-order valence-corrected chi connectivity index (χ3v) is 4.82. The Morgan fingerprint density at radius 3 is 2.57 bits per heavy atom. The second kappa shape index (κ2) is 7.24. The second-order valence-corrected chi connectivity index (χ2v) is 7.42. The molecule has 0 spiro atoms. The van der Waals surface area contributed by atoms with Crippen molar-refractivity contribution in [2.45, 2.75) is 31.1 Å². The average molecular weight is 311 g/mol. The standard InChI is InChI=1S/C15H25N3O2S/c1-13(12-18-9-5-2-6-10-18)11-17-14-7-3-4-8-15(14)21(16,19)20/h3-4,7-8,13,17H,2,5-6,9-12H2,1H3,(H2,16,19,20). The molecule has 0 saturated carbocycles. The minimum absolute atomic E-state index is 0.162. The SMILES string of the molecule is CC(CNc1ccccc1S(N)(=O)=O)CN1CCCCC1. The number of rotatable bonds is 6.